The van der Waals surface area contributed by atoms with Crippen molar-refractivity contribution < 1.29 is 17.9 Å². The fraction of sp³-hybridized carbons (Fsp3) is 0.458. The van der Waals surface area contributed by atoms with Crippen LogP contribution in [0.3, 0.4) is 0 Å². The van der Waals surface area contributed by atoms with E-state index in [1.165, 1.54) is 6.42 Å². The number of nitrogens with one attached hydrogen (secondary N) is 1. The van der Waals surface area contributed by atoms with E-state index >= 15 is 0 Å². The van der Waals surface area contributed by atoms with E-state index in [0.717, 1.165) is 57.7 Å². The quantitative estimate of drug-likeness (QED) is 0.647. The van der Waals surface area contributed by atoms with Crippen molar-refractivity contribution >= 4 is 33.5 Å². The Bertz CT molecular complexity index is 1230. The zero-order valence-corrected chi connectivity index (χ0v) is 20.3. The van der Waals surface area contributed by atoms with E-state index in [1.54, 1.807) is 24.4 Å². The summed E-state index contributed by atoms with van der Waals surface area (Å²) in [6.45, 7) is 3.77. The summed E-state index contributed by atoms with van der Waals surface area (Å²) in [6, 6.07) is 8.92. The van der Waals surface area contributed by atoms with Gasteiger partial charge in [0.2, 0.25) is 0 Å². The van der Waals surface area contributed by atoms with E-state index in [2.05, 4.69) is 19.0 Å². The molecule has 2 saturated heterocycles. The zero-order chi connectivity index (χ0) is 24.4. The predicted molar refractivity (Wildman–Crippen MR) is 134 cm³/mol. The molecule has 0 aliphatic carbocycles. The molecule has 1 amide bonds. The summed E-state index contributed by atoms with van der Waals surface area (Å²) < 4.78 is 35.6. The Morgan fingerprint density at radius 2 is 1.94 bits per heavy atom. The normalized spacial score (nSPS) is 21.5. The van der Waals surface area contributed by atoms with Gasteiger partial charge >= 0.3 is 10.2 Å². The van der Waals surface area contributed by atoms with Gasteiger partial charge < -0.3 is 20.3 Å². The Balaban J connectivity index is 1.22. The van der Waals surface area contributed by atoms with Crippen molar-refractivity contribution in [1.29, 1.82) is 0 Å². The second-order valence-electron chi connectivity index (χ2n) is 9.26. The fourth-order valence-electron chi connectivity index (χ4n) is 4.93. The Labute approximate surface area is 205 Å². The van der Waals surface area contributed by atoms with Gasteiger partial charge in [-0.25, -0.2) is 4.98 Å². The molecule has 2 aromatic rings. The molecule has 3 aliphatic rings. The number of hydrogen-bond acceptors (Lipinski definition) is 7. The summed E-state index contributed by atoms with van der Waals surface area (Å²) in [5.74, 6) is 1.59. The smallest absolute Gasteiger partial charge is 0.344 e. The van der Waals surface area contributed by atoms with Crippen LogP contribution in [0.2, 0.25) is 0 Å². The van der Waals surface area contributed by atoms with Crippen molar-refractivity contribution in [3.05, 3.63) is 47.7 Å². The molecule has 1 aromatic carbocycles. The predicted octanol–water partition coefficient (Wildman–Crippen LogP) is 2.38. The summed E-state index contributed by atoms with van der Waals surface area (Å²) in [5, 5.41) is 0. The average Bonchev–Trinajstić information content (AvgIpc) is 2.87. The van der Waals surface area contributed by atoms with Crippen LogP contribution in [0.25, 0.3) is 0 Å². The largest absolute Gasteiger partial charge is 0.492 e. The van der Waals surface area contributed by atoms with Crippen LogP contribution in [0.1, 0.15) is 48.0 Å². The van der Waals surface area contributed by atoms with E-state index in [9.17, 15) is 13.2 Å². The molecule has 4 heterocycles. The van der Waals surface area contributed by atoms with Crippen LogP contribution in [0.5, 0.6) is 5.75 Å². The first-order valence-corrected chi connectivity index (χ1v) is 13.5. The maximum Gasteiger partial charge on any atom is 0.344 e. The number of benzene rings is 1. The lowest BCUT2D eigenvalue weighted by Gasteiger charge is -2.34. The molecular formula is C24H30N6O4S. The minimum atomic E-state index is -3.83. The van der Waals surface area contributed by atoms with Crippen LogP contribution in [0.15, 0.2) is 40.9 Å². The highest BCUT2D eigenvalue weighted by molar-refractivity contribution is 7.91. The number of amides is 1. The number of fused-ring (bicyclic) bond motifs is 1. The third-order valence-corrected chi connectivity index (χ3v) is 7.61. The molecule has 0 bridgehead atoms. The number of nitrogens with two attached hydrogens (primary N) is 1. The van der Waals surface area contributed by atoms with Gasteiger partial charge in [-0.15, -0.1) is 4.40 Å². The number of hydrogen-bond donors (Lipinski definition) is 2. The second kappa shape index (κ2) is 9.73. The molecule has 0 spiro atoms. The number of ether oxygens (including phenoxy) is 1. The lowest BCUT2D eigenvalue weighted by molar-refractivity contribution is 0.0724. The first-order valence-electron chi connectivity index (χ1n) is 12.0. The monoisotopic (exact) mass is 498 g/mol. The van der Waals surface area contributed by atoms with Crippen molar-refractivity contribution in [3.63, 3.8) is 0 Å². The molecule has 35 heavy (non-hydrogen) atoms. The number of carbonyl (C=O) groups is 1. The summed E-state index contributed by atoms with van der Waals surface area (Å²) in [5.41, 5.74) is 7.38. The third-order valence-electron chi connectivity index (χ3n) is 6.70. The number of piperidine rings is 2. The zero-order valence-electron chi connectivity index (χ0n) is 19.5. The third kappa shape index (κ3) is 5.19. The van der Waals surface area contributed by atoms with Gasteiger partial charge in [0.15, 0.2) is 5.84 Å². The Morgan fingerprint density at radius 1 is 1.11 bits per heavy atom. The topological polar surface area (TPSA) is 130 Å². The van der Waals surface area contributed by atoms with Gasteiger partial charge in [-0.05, 0) is 56.4 Å². The SMILES string of the molecule is NC1=NS(=O)(=O)Nc2cccc(OC[C@H]3CCCN(c4ccc(C(=O)N5CCCCC5)cn4)C3)c21. The fourth-order valence-corrected chi connectivity index (χ4v) is 5.78. The molecule has 1 aromatic heterocycles. The van der Waals surface area contributed by atoms with Crippen molar-refractivity contribution in [3.8, 4) is 5.75 Å². The number of aromatic nitrogens is 1. The first kappa shape index (κ1) is 23.4. The molecule has 3 N–H and O–H groups in total. The standard InChI is InChI=1S/C24H30N6O4S/c25-23-22-19(27-35(32,33)28-23)7-4-8-20(22)34-16-17-6-5-13-30(15-17)21-10-9-18(14-26-21)24(31)29-11-2-1-3-12-29/h4,7-10,14,17,27H,1-3,5-6,11-13,15-16H2,(H2,25,28)/t17-/m0/s1. The minimum absolute atomic E-state index is 0.0602. The molecule has 0 saturated carbocycles. The molecule has 186 valence electrons. The van der Waals surface area contributed by atoms with Crippen LogP contribution in [0, 0.1) is 5.92 Å². The first-order chi connectivity index (χ1) is 16.9. The van der Waals surface area contributed by atoms with Crippen molar-refractivity contribution in [1.82, 2.24) is 9.88 Å². The number of nitrogens with zero attached hydrogens (tertiary/aromatic N) is 4. The molecule has 1 atom stereocenters. The minimum Gasteiger partial charge on any atom is -0.492 e. The molecule has 11 heteroatoms. The van der Waals surface area contributed by atoms with Gasteiger partial charge in [0.1, 0.15) is 11.6 Å². The summed E-state index contributed by atoms with van der Waals surface area (Å²) in [6.07, 6.45) is 7.01. The highest BCUT2D eigenvalue weighted by atomic mass is 32.2. The lowest BCUT2D eigenvalue weighted by atomic mass is 9.99. The highest BCUT2D eigenvalue weighted by Crippen LogP contribution is 2.31. The van der Waals surface area contributed by atoms with Crippen molar-refractivity contribution in [2.75, 3.05) is 42.4 Å². The average molecular weight is 499 g/mol. The van der Waals surface area contributed by atoms with E-state index in [1.807, 2.05) is 17.0 Å². The summed E-state index contributed by atoms with van der Waals surface area (Å²) in [4.78, 5) is 21.4. The van der Waals surface area contributed by atoms with Gasteiger partial charge in [0.25, 0.3) is 5.91 Å². The van der Waals surface area contributed by atoms with Crippen LogP contribution >= 0.6 is 0 Å². The molecule has 3 aliphatic heterocycles. The molecule has 0 unspecified atom stereocenters. The van der Waals surface area contributed by atoms with Crippen molar-refractivity contribution in [2.24, 2.45) is 16.0 Å². The number of amidine groups is 1. The molecule has 2 fully saturated rings. The van der Waals surface area contributed by atoms with Crippen molar-refractivity contribution in [2.45, 2.75) is 32.1 Å². The second-order valence-corrected chi connectivity index (χ2v) is 10.6. The number of carbonyl (C=O) groups excluding carboxylic acids is 1. The highest BCUT2D eigenvalue weighted by Gasteiger charge is 2.26. The van der Waals surface area contributed by atoms with E-state index < -0.39 is 10.2 Å². The van der Waals surface area contributed by atoms with Crippen LogP contribution in [-0.2, 0) is 10.2 Å². The Morgan fingerprint density at radius 3 is 2.71 bits per heavy atom. The summed E-state index contributed by atoms with van der Waals surface area (Å²) >= 11 is 0. The maximum atomic E-state index is 12.7. The molecule has 10 nitrogen and oxygen atoms in total. The van der Waals surface area contributed by atoms with Gasteiger partial charge in [-0.1, -0.05) is 6.07 Å². The molecule has 0 radical (unpaired) electrons. The summed E-state index contributed by atoms with van der Waals surface area (Å²) in [7, 11) is -3.83. The van der Waals surface area contributed by atoms with E-state index in [0.29, 0.717) is 29.2 Å². The van der Waals surface area contributed by atoms with Gasteiger partial charge in [0.05, 0.1) is 23.4 Å². The van der Waals surface area contributed by atoms with Gasteiger partial charge in [0, 0.05) is 38.3 Å². The van der Waals surface area contributed by atoms with Gasteiger partial charge in [-0.3, -0.25) is 9.52 Å². The Kier molecular flexibility index (Phi) is 6.50. The van der Waals surface area contributed by atoms with Crippen LogP contribution in [0.4, 0.5) is 11.5 Å². The number of rotatable bonds is 5. The van der Waals surface area contributed by atoms with Crippen LogP contribution in [-0.4, -0.2) is 62.8 Å². The van der Waals surface area contributed by atoms with Crippen LogP contribution < -0.4 is 20.1 Å². The lowest BCUT2D eigenvalue weighted by Crippen LogP contribution is -2.38. The number of anilines is 2. The molecular weight excluding hydrogens is 468 g/mol. The van der Waals surface area contributed by atoms with Gasteiger partial charge in [-0.2, -0.15) is 8.42 Å². The maximum absolute atomic E-state index is 12.7. The number of likely N-dealkylation sites (tertiary alicyclic amines) is 1. The Hall–Kier alpha value is -3.34. The van der Waals surface area contributed by atoms with E-state index in [-0.39, 0.29) is 17.7 Å². The number of pyridine rings is 1. The van der Waals surface area contributed by atoms with E-state index in [4.69, 9.17) is 10.5 Å². The molecule has 5 rings (SSSR count).